The molecule has 1 aromatic heterocycles. The second-order valence-electron chi connectivity index (χ2n) is 6.30. The van der Waals surface area contributed by atoms with Gasteiger partial charge >= 0.3 is 0 Å². The lowest BCUT2D eigenvalue weighted by molar-refractivity contribution is 0.0962. The maximum Gasteiger partial charge on any atom is 0.200 e. The van der Waals surface area contributed by atoms with Crippen LogP contribution in [0.4, 0.5) is 0 Å². The summed E-state index contributed by atoms with van der Waals surface area (Å²) in [6.45, 7) is 0. The van der Waals surface area contributed by atoms with E-state index in [2.05, 4.69) is 4.98 Å². The van der Waals surface area contributed by atoms with Crippen molar-refractivity contribution in [3.8, 4) is 5.75 Å². The molecule has 126 valence electrons. The summed E-state index contributed by atoms with van der Waals surface area (Å²) in [5.74, 6) is 0.707. The molecule has 1 aliphatic rings. The smallest absolute Gasteiger partial charge is 0.200 e. The molecule has 1 atom stereocenters. The average Bonchev–Trinajstić information content (AvgIpc) is 2.62. The number of benzene rings is 2. The van der Waals surface area contributed by atoms with Crippen LogP contribution in [0.2, 0.25) is 5.02 Å². The topological polar surface area (TPSA) is 59.2 Å². The predicted octanol–water partition coefficient (Wildman–Crippen LogP) is 4.10. The molecule has 3 aromatic rings. The normalized spacial score (nSPS) is 16.7. The molecule has 1 unspecified atom stereocenters. The second kappa shape index (κ2) is 6.05. The molecule has 0 fully saturated rings. The lowest BCUT2D eigenvalue weighted by Crippen LogP contribution is -2.27. The molecular weight excluding hydrogens is 338 g/mol. The number of aromatic amines is 1. The van der Waals surface area contributed by atoms with E-state index in [1.807, 2.05) is 24.3 Å². The predicted molar refractivity (Wildman–Crippen MR) is 98.0 cm³/mol. The number of pyridine rings is 1. The maximum absolute atomic E-state index is 12.7. The van der Waals surface area contributed by atoms with Crippen LogP contribution < -0.4 is 10.2 Å². The van der Waals surface area contributed by atoms with Crippen molar-refractivity contribution in [2.75, 3.05) is 7.11 Å². The van der Waals surface area contributed by atoms with Gasteiger partial charge in [-0.05, 0) is 48.2 Å². The third kappa shape index (κ3) is 2.72. The molecule has 0 aliphatic heterocycles. The minimum Gasteiger partial charge on any atom is -0.497 e. The average molecular weight is 354 g/mol. The van der Waals surface area contributed by atoms with Gasteiger partial charge in [-0.1, -0.05) is 23.7 Å². The molecule has 0 bridgehead atoms. The Bertz CT molecular complexity index is 1040. The molecule has 2 aromatic carbocycles. The van der Waals surface area contributed by atoms with E-state index in [9.17, 15) is 9.59 Å². The fraction of sp³-hybridized carbons (Fsp3) is 0.200. The summed E-state index contributed by atoms with van der Waals surface area (Å²) in [5, 5.41) is 0.944. The van der Waals surface area contributed by atoms with E-state index >= 15 is 0 Å². The summed E-state index contributed by atoms with van der Waals surface area (Å²) in [7, 11) is 1.62. The fourth-order valence-corrected chi connectivity index (χ4v) is 3.69. The summed E-state index contributed by atoms with van der Waals surface area (Å²) in [6, 6.07) is 12.8. The number of aromatic nitrogens is 1. The number of nitrogens with one attached hydrogen (secondary N) is 1. The molecular formula is C20H16ClNO3. The van der Waals surface area contributed by atoms with Crippen molar-refractivity contribution in [1.82, 2.24) is 4.98 Å². The zero-order valence-corrected chi connectivity index (χ0v) is 14.4. The first-order valence-electron chi connectivity index (χ1n) is 8.08. The van der Waals surface area contributed by atoms with Gasteiger partial charge in [0, 0.05) is 28.0 Å². The van der Waals surface area contributed by atoms with Gasteiger partial charge in [0.05, 0.1) is 12.7 Å². The van der Waals surface area contributed by atoms with E-state index in [0.29, 0.717) is 34.5 Å². The van der Waals surface area contributed by atoms with Crippen molar-refractivity contribution in [3.05, 3.63) is 74.5 Å². The number of methoxy groups -OCH3 is 1. The highest BCUT2D eigenvalue weighted by Crippen LogP contribution is 2.32. The molecule has 0 radical (unpaired) electrons. The molecule has 4 nitrogen and oxygen atoms in total. The van der Waals surface area contributed by atoms with Gasteiger partial charge in [0.2, 0.25) is 5.43 Å². The zero-order valence-electron chi connectivity index (χ0n) is 13.6. The van der Waals surface area contributed by atoms with Crippen LogP contribution >= 0.6 is 11.6 Å². The number of ketones is 1. The number of hydrogen-bond acceptors (Lipinski definition) is 3. The summed E-state index contributed by atoms with van der Waals surface area (Å²) in [6.07, 6.45) is 0.954. The lowest BCUT2D eigenvalue weighted by atomic mass is 9.81. The van der Waals surface area contributed by atoms with E-state index in [4.69, 9.17) is 16.3 Å². The van der Waals surface area contributed by atoms with Crippen LogP contribution in [0.5, 0.6) is 5.75 Å². The number of hydrogen-bond donors (Lipinski definition) is 1. The number of halogens is 1. The number of ether oxygens (including phenoxy) is 1. The number of carbonyl (C=O) groups is 1. The van der Waals surface area contributed by atoms with Crippen molar-refractivity contribution < 1.29 is 9.53 Å². The van der Waals surface area contributed by atoms with Crippen LogP contribution in [-0.2, 0) is 6.42 Å². The minimum atomic E-state index is -0.232. The SMILES string of the molecule is COc1ccc(C2CC(=O)c3c([nH]c4ccc(Cl)cc4c3=O)C2)cc1. The molecule has 1 aliphatic carbocycles. The molecule has 25 heavy (non-hydrogen) atoms. The highest BCUT2D eigenvalue weighted by molar-refractivity contribution is 6.31. The maximum atomic E-state index is 12.7. The van der Waals surface area contributed by atoms with Gasteiger partial charge in [-0.2, -0.15) is 0 Å². The zero-order chi connectivity index (χ0) is 17.6. The Labute approximate surface area is 149 Å². The molecule has 0 spiro atoms. The van der Waals surface area contributed by atoms with Crippen molar-refractivity contribution >= 4 is 28.3 Å². The van der Waals surface area contributed by atoms with Crippen LogP contribution in [0.15, 0.2) is 47.3 Å². The first-order chi connectivity index (χ1) is 12.1. The van der Waals surface area contributed by atoms with E-state index in [0.717, 1.165) is 11.3 Å². The van der Waals surface area contributed by atoms with Crippen molar-refractivity contribution in [2.45, 2.75) is 18.8 Å². The third-order valence-electron chi connectivity index (χ3n) is 4.79. The second-order valence-corrected chi connectivity index (χ2v) is 6.74. The van der Waals surface area contributed by atoms with E-state index in [-0.39, 0.29) is 22.7 Å². The molecule has 0 saturated carbocycles. The summed E-state index contributed by atoms with van der Waals surface area (Å²) in [5.41, 5.74) is 2.52. The number of Topliss-reactive ketones (excluding diaryl/α,β-unsaturated/α-hetero) is 1. The molecule has 0 amide bonds. The van der Waals surface area contributed by atoms with Crippen LogP contribution in [-0.4, -0.2) is 17.9 Å². The van der Waals surface area contributed by atoms with Gasteiger partial charge in [0.1, 0.15) is 5.75 Å². The lowest BCUT2D eigenvalue weighted by Gasteiger charge is -2.24. The highest BCUT2D eigenvalue weighted by Gasteiger charge is 2.29. The van der Waals surface area contributed by atoms with Crippen molar-refractivity contribution in [2.24, 2.45) is 0 Å². The highest BCUT2D eigenvalue weighted by atomic mass is 35.5. The largest absolute Gasteiger partial charge is 0.497 e. The van der Waals surface area contributed by atoms with Gasteiger partial charge in [-0.15, -0.1) is 0 Å². The van der Waals surface area contributed by atoms with Crippen LogP contribution in [0.3, 0.4) is 0 Å². The Hall–Kier alpha value is -2.59. The third-order valence-corrected chi connectivity index (χ3v) is 5.02. The van der Waals surface area contributed by atoms with Crippen LogP contribution in [0.25, 0.3) is 10.9 Å². The van der Waals surface area contributed by atoms with Crippen LogP contribution in [0, 0.1) is 0 Å². The van der Waals surface area contributed by atoms with Gasteiger partial charge in [-0.3, -0.25) is 9.59 Å². The molecule has 1 heterocycles. The fourth-order valence-electron chi connectivity index (χ4n) is 3.51. The van der Waals surface area contributed by atoms with Gasteiger partial charge in [0.25, 0.3) is 0 Å². The first kappa shape index (κ1) is 15.9. The minimum absolute atomic E-state index is 0.0475. The standard InChI is InChI=1S/C20H16ClNO3/c1-25-14-5-2-11(3-6-14)12-8-17-19(18(23)9-12)20(24)15-10-13(21)4-7-16(15)22-17/h2-7,10,12H,8-9H2,1H3,(H,22,24). The van der Waals surface area contributed by atoms with Gasteiger partial charge < -0.3 is 9.72 Å². The number of H-pyrrole nitrogens is 1. The Morgan fingerprint density at radius 3 is 2.56 bits per heavy atom. The quantitative estimate of drug-likeness (QED) is 0.754. The van der Waals surface area contributed by atoms with Crippen molar-refractivity contribution in [3.63, 3.8) is 0 Å². The molecule has 0 saturated heterocycles. The van der Waals surface area contributed by atoms with Crippen LogP contribution in [0.1, 0.15) is 34.0 Å². The monoisotopic (exact) mass is 353 g/mol. The Balaban J connectivity index is 1.79. The molecule has 5 heteroatoms. The van der Waals surface area contributed by atoms with Gasteiger partial charge in [0.15, 0.2) is 5.78 Å². The Morgan fingerprint density at radius 2 is 1.84 bits per heavy atom. The van der Waals surface area contributed by atoms with Crippen molar-refractivity contribution in [1.29, 1.82) is 0 Å². The van der Waals surface area contributed by atoms with Gasteiger partial charge in [-0.25, -0.2) is 0 Å². The van der Waals surface area contributed by atoms with E-state index in [1.54, 1.807) is 25.3 Å². The van der Waals surface area contributed by atoms with E-state index in [1.165, 1.54) is 0 Å². The molecule has 1 N–H and O–H groups in total. The Morgan fingerprint density at radius 1 is 1.08 bits per heavy atom. The number of fused-ring (bicyclic) bond motifs is 2. The molecule has 4 rings (SSSR count). The first-order valence-corrected chi connectivity index (χ1v) is 8.46. The summed E-state index contributed by atoms with van der Waals surface area (Å²) >= 11 is 5.99. The number of carbonyl (C=O) groups excluding carboxylic acids is 1. The van der Waals surface area contributed by atoms with E-state index < -0.39 is 0 Å². The Kier molecular flexibility index (Phi) is 3.85. The number of rotatable bonds is 2. The summed E-state index contributed by atoms with van der Waals surface area (Å²) in [4.78, 5) is 28.7. The summed E-state index contributed by atoms with van der Waals surface area (Å²) < 4.78 is 5.18.